The summed E-state index contributed by atoms with van der Waals surface area (Å²) < 4.78 is 6.08. The Kier molecular flexibility index (Phi) is 3.34. The van der Waals surface area contributed by atoms with Crippen LogP contribution in [0.4, 0.5) is 0 Å². The molecule has 1 fully saturated rings. The van der Waals surface area contributed by atoms with E-state index in [1.165, 1.54) is 30.2 Å². The van der Waals surface area contributed by atoms with E-state index in [0.29, 0.717) is 5.92 Å². The number of hydrogen-bond acceptors (Lipinski definition) is 1. The summed E-state index contributed by atoms with van der Waals surface area (Å²) in [7, 11) is 0. The molecule has 0 radical (unpaired) electrons. The number of para-hydroxylation sites is 1. The SMILES string of the molecule is Cc1cccc2cc(C3CCCCCC3Cl)oc12. The van der Waals surface area contributed by atoms with Gasteiger partial charge in [-0.15, -0.1) is 11.6 Å². The molecule has 0 spiro atoms. The van der Waals surface area contributed by atoms with Crippen molar-refractivity contribution in [1.29, 1.82) is 0 Å². The molecule has 1 heterocycles. The minimum absolute atomic E-state index is 0.230. The van der Waals surface area contributed by atoms with Crippen molar-refractivity contribution in [2.24, 2.45) is 0 Å². The van der Waals surface area contributed by atoms with Gasteiger partial charge in [-0.25, -0.2) is 0 Å². The summed E-state index contributed by atoms with van der Waals surface area (Å²) in [4.78, 5) is 0. The number of hydrogen-bond donors (Lipinski definition) is 0. The number of aryl methyl sites for hydroxylation is 1. The van der Waals surface area contributed by atoms with Gasteiger partial charge in [0.05, 0.1) is 0 Å². The van der Waals surface area contributed by atoms with E-state index in [2.05, 4.69) is 31.2 Å². The number of benzene rings is 1. The number of rotatable bonds is 1. The first-order valence-electron chi connectivity index (χ1n) is 6.89. The van der Waals surface area contributed by atoms with E-state index >= 15 is 0 Å². The predicted octanol–water partition coefficient (Wildman–Crippen LogP) is 5.40. The van der Waals surface area contributed by atoms with E-state index in [1.807, 2.05) is 0 Å². The van der Waals surface area contributed by atoms with Gasteiger partial charge in [-0.05, 0) is 31.4 Å². The number of furan rings is 1. The zero-order valence-corrected chi connectivity index (χ0v) is 11.5. The van der Waals surface area contributed by atoms with Crippen molar-refractivity contribution in [3.63, 3.8) is 0 Å². The highest BCUT2D eigenvalue weighted by Crippen LogP contribution is 2.38. The molecule has 1 nitrogen and oxygen atoms in total. The van der Waals surface area contributed by atoms with Crippen LogP contribution in [-0.4, -0.2) is 5.38 Å². The van der Waals surface area contributed by atoms with Gasteiger partial charge in [-0.1, -0.05) is 37.5 Å². The first-order chi connectivity index (χ1) is 8.75. The van der Waals surface area contributed by atoms with Crippen LogP contribution in [0.3, 0.4) is 0 Å². The second-order valence-corrected chi connectivity index (χ2v) is 5.96. The molecule has 2 unspecified atom stereocenters. The van der Waals surface area contributed by atoms with Crippen LogP contribution in [0, 0.1) is 6.92 Å². The van der Waals surface area contributed by atoms with E-state index in [9.17, 15) is 0 Å². The fourth-order valence-electron chi connectivity index (χ4n) is 2.99. The fraction of sp³-hybridized carbons (Fsp3) is 0.500. The molecule has 18 heavy (non-hydrogen) atoms. The molecule has 2 aromatic rings. The molecule has 2 heteroatoms. The molecular weight excluding hydrogens is 244 g/mol. The van der Waals surface area contributed by atoms with Crippen molar-refractivity contribution < 1.29 is 4.42 Å². The molecule has 1 aliphatic carbocycles. The van der Waals surface area contributed by atoms with Crippen LogP contribution in [-0.2, 0) is 0 Å². The highest BCUT2D eigenvalue weighted by molar-refractivity contribution is 6.21. The summed E-state index contributed by atoms with van der Waals surface area (Å²) in [6.07, 6.45) is 6.10. The molecular formula is C16H19ClO. The quantitative estimate of drug-likeness (QED) is 0.496. The Hall–Kier alpha value is -0.950. The Balaban J connectivity index is 2.00. The first kappa shape index (κ1) is 12.1. The monoisotopic (exact) mass is 262 g/mol. The Morgan fingerprint density at radius 2 is 2.00 bits per heavy atom. The van der Waals surface area contributed by atoms with Gasteiger partial charge in [0.15, 0.2) is 0 Å². The Labute approximate surface area is 113 Å². The molecule has 3 rings (SSSR count). The van der Waals surface area contributed by atoms with Crippen LogP contribution in [0.15, 0.2) is 28.7 Å². The minimum Gasteiger partial charge on any atom is -0.460 e. The minimum atomic E-state index is 0.230. The summed E-state index contributed by atoms with van der Waals surface area (Å²) in [5.41, 5.74) is 2.24. The Morgan fingerprint density at radius 3 is 2.83 bits per heavy atom. The number of alkyl halides is 1. The third-order valence-corrected chi connectivity index (χ3v) is 4.58. The molecule has 2 atom stereocenters. The number of fused-ring (bicyclic) bond motifs is 1. The largest absolute Gasteiger partial charge is 0.460 e. The summed E-state index contributed by atoms with van der Waals surface area (Å²) in [5.74, 6) is 1.47. The lowest BCUT2D eigenvalue weighted by atomic mass is 9.97. The lowest BCUT2D eigenvalue weighted by Gasteiger charge is -2.16. The molecule has 0 N–H and O–H groups in total. The molecule has 1 aliphatic rings. The smallest absolute Gasteiger partial charge is 0.137 e. The maximum atomic E-state index is 6.53. The summed E-state index contributed by atoms with van der Waals surface area (Å²) in [5, 5.41) is 1.44. The van der Waals surface area contributed by atoms with E-state index in [-0.39, 0.29) is 5.38 Å². The maximum absolute atomic E-state index is 6.53. The third-order valence-electron chi connectivity index (χ3n) is 4.06. The van der Waals surface area contributed by atoms with E-state index < -0.39 is 0 Å². The summed E-state index contributed by atoms with van der Waals surface area (Å²) >= 11 is 6.53. The van der Waals surface area contributed by atoms with Crippen LogP contribution in [0.25, 0.3) is 11.0 Å². The zero-order valence-electron chi connectivity index (χ0n) is 10.8. The van der Waals surface area contributed by atoms with Crippen molar-refractivity contribution >= 4 is 22.6 Å². The molecule has 0 amide bonds. The van der Waals surface area contributed by atoms with Crippen molar-refractivity contribution in [2.45, 2.75) is 50.3 Å². The summed E-state index contributed by atoms with van der Waals surface area (Å²) in [6.45, 7) is 2.10. The standard InChI is InChI=1S/C16H19ClO/c1-11-6-5-7-12-10-15(18-16(11)12)13-8-3-2-4-9-14(13)17/h5-7,10,13-14H,2-4,8-9H2,1H3. The molecule has 0 bridgehead atoms. The van der Waals surface area contributed by atoms with Gasteiger partial charge >= 0.3 is 0 Å². The van der Waals surface area contributed by atoms with Crippen LogP contribution in [0.2, 0.25) is 0 Å². The summed E-state index contributed by atoms with van der Waals surface area (Å²) in [6, 6.07) is 8.49. The Morgan fingerprint density at radius 1 is 1.17 bits per heavy atom. The lowest BCUT2D eigenvalue weighted by Crippen LogP contribution is -2.10. The van der Waals surface area contributed by atoms with Crippen molar-refractivity contribution in [3.05, 3.63) is 35.6 Å². The highest BCUT2D eigenvalue weighted by atomic mass is 35.5. The van der Waals surface area contributed by atoms with Crippen LogP contribution in [0.5, 0.6) is 0 Å². The molecule has 0 aliphatic heterocycles. The molecule has 1 saturated carbocycles. The van der Waals surface area contributed by atoms with Gasteiger partial charge in [-0.2, -0.15) is 0 Å². The van der Waals surface area contributed by atoms with Crippen LogP contribution in [0.1, 0.15) is 49.3 Å². The Bertz CT molecular complexity index is 543. The fourth-order valence-corrected chi connectivity index (χ4v) is 3.40. The first-order valence-corrected chi connectivity index (χ1v) is 7.32. The molecule has 0 saturated heterocycles. The molecule has 96 valence electrons. The lowest BCUT2D eigenvalue weighted by molar-refractivity contribution is 0.459. The molecule has 1 aromatic carbocycles. The predicted molar refractivity (Wildman–Crippen MR) is 76.4 cm³/mol. The van der Waals surface area contributed by atoms with Gasteiger partial charge in [0.2, 0.25) is 0 Å². The maximum Gasteiger partial charge on any atom is 0.137 e. The van der Waals surface area contributed by atoms with Crippen molar-refractivity contribution in [2.75, 3.05) is 0 Å². The van der Waals surface area contributed by atoms with Gasteiger partial charge in [-0.3, -0.25) is 0 Å². The van der Waals surface area contributed by atoms with E-state index in [4.69, 9.17) is 16.0 Å². The van der Waals surface area contributed by atoms with Crippen molar-refractivity contribution in [3.8, 4) is 0 Å². The third kappa shape index (κ3) is 2.16. The van der Waals surface area contributed by atoms with Crippen LogP contribution < -0.4 is 0 Å². The van der Waals surface area contributed by atoms with Crippen molar-refractivity contribution in [1.82, 2.24) is 0 Å². The average molecular weight is 263 g/mol. The van der Waals surface area contributed by atoms with Crippen LogP contribution >= 0.6 is 11.6 Å². The van der Waals surface area contributed by atoms with Gasteiger partial charge < -0.3 is 4.42 Å². The number of halogens is 1. The topological polar surface area (TPSA) is 13.1 Å². The average Bonchev–Trinajstić information content (AvgIpc) is 2.67. The normalized spacial score (nSPS) is 25.2. The van der Waals surface area contributed by atoms with E-state index in [0.717, 1.165) is 24.2 Å². The highest BCUT2D eigenvalue weighted by Gasteiger charge is 2.26. The molecule has 1 aromatic heterocycles. The second-order valence-electron chi connectivity index (χ2n) is 5.40. The van der Waals surface area contributed by atoms with Gasteiger partial charge in [0.25, 0.3) is 0 Å². The zero-order chi connectivity index (χ0) is 12.5. The van der Waals surface area contributed by atoms with E-state index in [1.54, 1.807) is 0 Å². The van der Waals surface area contributed by atoms with Gasteiger partial charge in [0.1, 0.15) is 11.3 Å². The second kappa shape index (κ2) is 4.97. The van der Waals surface area contributed by atoms with Gasteiger partial charge in [0, 0.05) is 16.7 Å².